The molecule has 17 nitrogen and oxygen atoms in total. The minimum absolute atomic E-state index is 0.155. The average molecular weight is 1520 g/mol. The van der Waals surface area contributed by atoms with Crippen molar-refractivity contribution in [3.8, 4) is 22.7 Å². The number of aliphatic hydroxyl groups excluding tert-OH is 2. The highest BCUT2D eigenvalue weighted by Crippen LogP contribution is 2.35. The molecule has 0 radical (unpaired) electrons. The van der Waals surface area contributed by atoms with Crippen LogP contribution in [0.15, 0.2) is 264 Å². The van der Waals surface area contributed by atoms with Crippen molar-refractivity contribution in [3.05, 3.63) is 334 Å². The monoisotopic (exact) mass is 1520 g/mol. The number of ketones is 1. The number of Topliss-reactive ketones (excluding diaryl/α,β-unsaturated/α-hetero) is 1. The number of aldehydes is 2. The number of rotatable bonds is 10. The molecule has 0 bridgehead atoms. The number of hydrogen-bond donors (Lipinski definition) is 2. The molecule has 21 heteroatoms. The molecule has 1 atom stereocenters. The van der Waals surface area contributed by atoms with E-state index in [1.165, 1.54) is 0 Å². The van der Waals surface area contributed by atoms with Crippen LogP contribution in [0.4, 0.5) is 0 Å². The molecule has 8 aromatic carbocycles. The smallest absolute Gasteiger partial charge is 0.245 e. The molecular formula is C75H54Br4N12O5. The summed E-state index contributed by atoms with van der Waals surface area (Å²) in [5.41, 5.74) is 21.0. The van der Waals surface area contributed by atoms with Gasteiger partial charge in [0.1, 0.15) is 36.5 Å². The number of benzene rings is 8. The molecule has 4 aliphatic rings. The summed E-state index contributed by atoms with van der Waals surface area (Å²) >= 11 is 14.2. The predicted octanol–water partition coefficient (Wildman–Crippen LogP) is 14.8. The Bertz CT molecular complexity index is 4940. The number of aliphatic imine (C=N–C) groups is 4. The molecule has 0 spiro atoms. The van der Waals surface area contributed by atoms with Gasteiger partial charge in [0.15, 0.2) is 12.6 Å². The van der Waals surface area contributed by atoms with Gasteiger partial charge in [-0.1, -0.05) is 192 Å². The summed E-state index contributed by atoms with van der Waals surface area (Å²) in [7, 11) is 0. The van der Waals surface area contributed by atoms with E-state index in [2.05, 4.69) is 125 Å². The second kappa shape index (κ2) is 28.8. The molecule has 472 valence electrons. The van der Waals surface area contributed by atoms with Crippen LogP contribution in [0.2, 0.25) is 0 Å². The Hall–Kier alpha value is -10.1. The third-order valence-electron chi connectivity index (χ3n) is 16.3. The van der Waals surface area contributed by atoms with Crippen LogP contribution >= 0.6 is 63.7 Å². The molecule has 96 heavy (non-hydrogen) atoms. The van der Waals surface area contributed by atoms with Crippen LogP contribution in [-0.4, -0.2) is 96.2 Å². The van der Waals surface area contributed by atoms with Gasteiger partial charge in [-0.25, -0.2) is 19.9 Å². The van der Waals surface area contributed by atoms with E-state index in [4.69, 9.17) is 20.0 Å². The van der Waals surface area contributed by atoms with Crippen molar-refractivity contribution >= 4 is 111 Å². The maximum atomic E-state index is 11.9. The molecule has 12 aromatic rings. The van der Waals surface area contributed by atoms with Gasteiger partial charge in [-0.05, 0) is 78.9 Å². The molecular weight excluding hydrogens is 1470 g/mol. The molecule has 2 N–H and O–H groups in total. The Labute approximate surface area is 585 Å². The van der Waals surface area contributed by atoms with E-state index in [-0.39, 0.29) is 18.8 Å². The van der Waals surface area contributed by atoms with Crippen LogP contribution in [0, 0.1) is 0 Å². The summed E-state index contributed by atoms with van der Waals surface area (Å²) in [6.07, 6.45) is 8.64. The lowest BCUT2D eigenvalue weighted by atomic mass is 10.0. The van der Waals surface area contributed by atoms with Crippen LogP contribution in [0.3, 0.4) is 0 Å². The topological polar surface area (TPSA) is 212 Å². The van der Waals surface area contributed by atoms with Crippen LogP contribution in [0.1, 0.15) is 106 Å². The molecule has 8 heterocycles. The van der Waals surface area contributed by atoms with Gasteiger partial charge in [-0.15, -0.1) is 0 Å². The Morgan fingerprint density at radius 2 is 0.760 bits per heavy atom. The number of halogens is 4. The van der Waals surface area contributed by atoms with Crippen LogP contribution in [0.5, 0.6) is 0 Å². The number of hydrogen-bond acceptors (Lipinski definition) is 13. The second-order valence-corrected chi connectivity index (χ2v) is 25.7. The first-order valence-electron chi connectivity index (χ1n) is 30.1. The fraction of sp³-hybridized carbons (Fsp3) is 0.0800. The molecule has 4 aliphatic heterocycles. The Kier molecular flexibility index (Phi) is 19.4. The molecule has 0 aliphatic carbocycles. The molecule has 16 rings (SSSR count). The summed E-state index contributed by atoms with van der Waals surface area (Å²) in [6.45, 7) is 5.14. The Balaban J connectivity index is 0.000000116. The lowest BCUT2D eigenvalue weighted by Crippen LogP contribution is -2.08. The zero-order chi connectivity index (χ0) is 66.4. The van der Waals surface area contributed by atoms with E-state index in [1.807, 2.05) is 184 Å². The van der Waals surface area contributed by atoms with E-state index < -0.39 is 11.9 Å². The quantitative estimate of drug-likeness (QED) is 0.0756. The third-order valence-corrected chi connectivity index (χ3v) is 18.3. The van der Waals surface area contributed by atoms with E-state index in [0.29, 0.717) is 43.0 Å². The largest absolute Gasteiger partial charge is 0.393 e. The number of fused-ring (bicyclic) bond motifs is 12. The van der Waals surface area contributed by atoms with Crippen molar-refractivity contribution in [1.82, 2.24) is 38.2 Å². The zero-order valence-electron chi connectivity index (χ0n) is 50.8. The third kappa shape index (κ3) is 13.1. The lowest BCUT2D eigenvalue weighted by molar-refractivity contribution is -0.104. The van der Waals surface area contributed by atoms with Crippen LogP contribution < -0.4 is 0 Å². The van der Waals surface area contributed by atoms with E-state index in [1.54, 1.807) is 25.1 Å². The normalized spacial score (nSPS) is 13.1. The molecule has 0 amide bonds. The standard InChI is InChI=1S/C19H16BrN3O2.C19H12BrN3O2.C19H14BrN3.C18H12BrN3O/c2*20-13-6-7-15-14(8-13)18(12-4-2-1-3-5-12)21-9-16-19(17(25)10-24)22-11-23(15)16;1-2-16-18-11-21-19(13-6-4-3-5-7-13)15-10-14(20)8-9-17(15)23(18)12-22-16;19-13-6-7-16-14(8-13)18(12-4-2-1-3-5-12)20-9-17-15(10-23)21-11-22(16)17/h1-8,11,17,24-25H,9-10H2;1-8,10-11H,9H2;2-10,12H,1,11H2;1-8,10-11H,9H2. The number of imidazole rings is 4. The van der Waals surface area contributed by atoms with Crippen molar-refractivity contribution in [2.45, 2.75) is 32.3 Å². The summed E-state index contributed by atoms with van der Waals surface area (Å²) in [5, 5.41) is 19.4. The highest BCUT2D eigenvalue weighted by atomic mass is 79.9. The van der Waals surface area contributed by atoms with Gasteiger partial charge in [0.2, 0.25) is 5.78 Å². The van der Waals surface area contributed by atoms with Crippen molar-refractivity contribution < 1.29 is 24.6 Å². The number of carbonyl (C=O) groups excluding carboxylic acids is 3. The molecule has 0 fully saturated rings. The van der Waals surface area contributed by atoms with Gasteiger partial charge in [-0.2, -0.15) is 0 Å². The number of aliphatic hydroxyl groups is 2. The van der Waals surface area contributed by atoms with Gasteiger partial charge < -0.3 is 19.3 Å². The SMILES string of the molecule is C=Cc1ncn2c1CN=C(c1ccccc1)c1cc(Br)ccc1-2.O=CC(=O)c1ncn2c1CN=C(c1ccccc1)c1cc(Br)ccc1-2.O=Cc1ncn2c1CN=C(c1ccccc1)c1cc(Br)ccc1-2.OCC(O)c1ncn2c1CN=C(c1ccccc1)c1cc(Br)ccc1-2. The summed E-state index contributed by atoms with van der Waals surface area (Å²) < 4.78 is 11.7. The molecule has 0 saturated carbocycles. The summed E-state index contributed by atoms with van der Waals surface area (Å²) in [4.78, 5) is 70.3. The predicted molar refractivity (Wildman–Crippen MR) is 386 cm³/mol. The second-order valence-electron chi connectivity index (χ2n) is 22.0. The van der Waals surface area contributed by atoms with E-state index in [9.17, 15) is 24.6 Å². The molecule has 4 aromatic heterocycles. The highest BCUT2D eigenvalue weighted by molar-refractivity contribution is 9.11. The number of carbonyl (C=O) groups is 3. The van der Waals surface area contributed by atoms with Gasteiger partial charge in [0, 0.05) is 62.4 Å². The summed E-state index contributed by atoms with van der Waals surface area (Å²) in [5.74, 6) is -0.634. The lowest BCUT2D eigenvalue weighted by Gasteiger charge is -2.12. The van der Waals surface area contributed by atoms with Crippen LogP contribution in [-0.2, 0) is 31.0 Å². The van der Waals surface area contributed by atoms with Gasteiger partial charge in [0.25, 0.3) is 0 Å². The summed E-state index contributed by atoms with van der Waals surface area (Å²) in [6, 6.07) is 64.5. The molecule has 1 unspecified atom stereocenters. The first-order chi connectivity index (χ1) is 46.9. The van der Waals surface area contributed by atoms with Crippen molar-refractivity contribution in [3.63, 3.8) is 0 Å². The van der Waals surface area contributed by atoms with Gasteiger partial charge >= 0.3 is 0 Å². The van der Waals surface area contributed by atoms with Crippen molar-refractivity contribution in [2.75, 3.05) is 6.61 Å². The fourth-order valence-electron chi connectivity index (χ4n) is 11.8. The van der Waals surface area contributed by atoms with Crippen molar-refractivity contribution in [2.24, 2.45) is 20.0 Å². The number of aromatic nitrogens is 8. The fourth-order valence-corrected chi connectivity index (χ4v) is 13.3. The maximum Gasteiger partial charge on any atom is 0.245 e. The Morgan fingerprint density at radius 3 is 1.12 bits per heavy atom. The number of nitrogens with zero attached hydrogens (tertiary/aromatic N) is 12. The van der Waals surface area contributed by atoms with Gasteiger partial charge in [-0.3, -0.25) is 43.5 Å². The van der Waals surface area contributed by atoms with E-state index >= 15 is 0 Å². The first-order valence-corrected chi connectivity index (χ1v) is 33.3. The maximum absolute atomic E-state index is 11.9. The minimum Gasteiger partial charge on any atom is -0.393 e. The van der Waals surface area contributed by atoms with Crippen LogP contribution in [0.25, 0.3) is 28.8 Å². The minimum atomic E-state index is -1.01. The molecule has 0 saturated heterocycles. The van der Waals surface area contributed by atoms with Crippen molar-refractivity contribution in [1.29, 1.82) is 0 Å². The zero-order valence-corrected chi connectivity index (χ0v) is 57.2. The highest BCUT2D eigenvalue weighted by Gasteiger charge is 2.28. The Morgan fingerprint density at radius 1 is 0.438 bits per heavy atom. The van der Waals surface area contributed by atoms with Gasteiger partial charge in [0.05, 0.1) is 119 Å². The first kappa shape index (κ1) is 64.6. The average Bonchev–Trinajstić information content (AvgIpc) is 1.64. The van der Waals surface area contributed by atoms with E-state index in [0.717, 1.165) is 137 Å².